The Bertz CT molecular complexity index is 1070. The minimum absolute atomic E-state index is 0.00282. The summed E-state index contributed by atoms with van der Waals surface area (Å²) < 4.78 is 11.5. The third-order valence-electron chi connectivity index (χ3n) is 5.40. The second-order valence-corrected chi connectivity index (χ2v) is 9.35. The summed E-state index contributed by atoms with van der Waals surface area (Å²) in [4.78, 5) is 12.5. The Hall–Kier alpha value is -3.04. The molecule has 0 aromatic heterocycles. The van der Waals surface area contributed by atoms with Gasteiger partial charge in [0.15, 0.2) is 0 Å². The van der Waals surface area contributed by atoms with E-state index in [-0.39, 0.29) is 17.8 Å². The molecule has 3 rings (SSSR count). The molecule has 33 heavy (non-hydrogen) atoms. The highest BCUT2D eigenvalue weighted by molar-refractivity contribution is 6.18. The first-order valence-corrected chi connectivity index (χ1v) is 11.7. The first-order valence-electron chi connectivity index (χ1n) is 11.1. The maximum atomic E-state index is 12.5. The summed E-state index contributed by atoms with van der Waals surface area (Å²) in [7, 11) is 0. The normalized spacial score (nSPS) is 13.1. The van der Waals surface area contributed by atoms with Crippen LogP contribution in [-0.4, -0.2) is 18.5 Å². The fourth-order valence-electron chi connectivity index (χ4n) is 3.73. The van der Waals surface area contributed by atoms with Gasteiger partial charge in [0.05, 0.1) is 11.3 Å². The number of alkyl halides is 1. The standard InChI is InChI=1S/C29H31ClO3/c1-5-26(21-11-7-6-8-12-21)27(22-13-9-15-24(19-22)32-18-17-30)23-14-10-16-25(20-23)33-28(31)29(2,3)4/h5-16,19-20,26-27H,1,17-18H2,2-4H3. The zero-order valence-corrected chi connectivity index (χ0v) is 20.2. The predicted molar refractivity (Wildman–Crippen MR) is 135 cm³/mol. The largest absolute Gasteiger partial charge is 0.492 e. The van der Waals surface area contributed by atoms with Crippen LogP contribution in [0, 0.1) is 5.41 Å². The maximum Gasteiger partial charge on any atom is 0.316 e. The summed E-state index contributed by atoms with van der Waals surface area (Å²) in [5.74, 6) is 1.40. The second kappa shape index (κ2) is 11.2. The third-order valence-corrected chi connectivity index (χ3v) is 5.56. The molecular formula is C29H31ClO3. The van der Waals surface area contributed by atoms with Gasteiger partial charge in [0.1, 0.15) is 18.1 Å². The van der Waals surface area contributed by atoms with E-state index in [0.29, 0.717) is 18.2 Å². The molecule has 0 radical (unpaired) electrons. The van der Waals surface area contributed by atoms with Gasteiger partial charge in [-0.15, -0.1) is 18.2 Å². The van der Waals surface area contributed by atoms with Crippen LogP contribution in [0.15, 0.2) is 91.5 Å². The molecule has 3 aromatic rings. The van der Waals surface area contributed by atoms with Gasteiger partial charge >= 0.3 is 5.97 Å². The average molecular weight is 463 g/mol. The Morgan fingerprint density at radius 1 is 0.909 bits per heavy atom. The number of esters is 1. The zero-order valence-electron chi connectivity index (χ0n) is 19.5. The molecule has 3 aromatic carbocycles. The van der Waals surface area contributed by atoms with Crippen LogP contribution in [-0.2, 0) is 4.79 Å². The second-order valence-electron chi connectivity index (χ2n) is 8.97. The minimum Gasteiger partial charge on any atom is -0.492 e. The van der Waals surface area contributed by atoms with Crippen LogP contribution in [0.3, 0.4) is 0 Å². The van der Waals surface area contributed by atoms with Gasteiger partial charge in [-0.2, -0.15) is 0 Å². The number of ether oxygens (including phenoxy) is 2. The van der Waals surface area contributed by atoms with Crippen molar-refractivity contribution in [3.8, 4) is 11.5 Å². The summed E-state index contributed by atoms with van der Waals surface area (Å²) in [6.45, 7) is 10.1. The zero-order chi connectivity index (χ0) is 23.8. The highest BCUT2D eigenvalue weighted by Gasteiger charge is 2.27. The summed E-state index contributed by atoms with van der Waals surface area (Å²) >= 11 is 5.81. The van der Waals surface area contributed by atoms with Gasteiger partial charge < -0.3 is 9.47 Å². The van der Waals surface area contributed by atoms with E-state index in [9.17, 15) is 4.79 Å². The Labute approximate surface area is 202 Å². The van der Waals surface area contributed by atoms with Crippen molar-refractivity contribution in [2.75, 3.05) is 12.5 Å². The van der Waals surface area contributed by atoms with Crippen LogP contribution in [0.25, 0.3) is 0 Å². The van der Waals surface area contributed by atoms with Crippen molar-refractivity contribution in [1.29, 1.82) is 0 Å². The summed E-state index contributed by atoms with van der Waals surface area (Å²) in [6.07, 6.45) is 1.97. The molecule has 0 spiro atoms. The Balaban J connectivity index is 2.07. The molecule has 172 valence electrons. The summed E-state index contributed by atoms with van der Waals surface area (Å²) in [6, 6.07) is 26.1. The van der Waals surface area contributed by atoms with Gasteiger partial charge in [-0.1, -0.05) is 60.7 Å². The Morgan fingerprint density at radius 2 is 1.48 bits per heavy atom. The van der Waals surface area contributed by atoms with Crippen molar-refractivity contribution in [3.05, 3.63) is 108 Å². The van der Waals surface area contributed by atoms with Crippen molar-refractivity contribution in [3.63, 3.8) is 0 Å². The van der Waals surface area contributed by atoms with E-state index in [1.165, 1.54) is 0 Å². The summed E-state index contributed by atoms with van der Waals surface area (Å²) in [5, 5.41) is 0. The molecule has 0 saturated heterocycles. The summed E-state index contributed by atoms with van der Waals surface area (Å²) in [5.41, 5.74) is 2.67. The van der Waals surface area contributed by atoms with Crippen molar-refractivity contribution < 1.29 is 14.3 Å². The monoisotopic (exact) mass is 462 g/mol. The SMILES string of the molecule is C=CC(c1ccccc1)C(c1cccc(OCCCl)c1)c1cccc(OC(=O)C(C)(C)C)c1. The fourth-order valence-corrected chi connectivity index (χ4v) is 3.81. The fraction of sp³-hybridized carbons (Fsp3) is 0.276. The number of halogens is 1. The van der Waals surface area contributed by atoms with Crippen LogP contribution in [0.4, 0.5) is 0 Å². The van der Waals surface area contributed by atoms with E-state index >= 15 is 0 Å². The molecule has 0 saturated carbocycles. The van der Waals surface area contributed by atoms with E-state index in [4.69, 9.17) is 21.1 Å². The number of carbonyl (C=O) groups excluding carboxylic acids is 1. The molecule has 0 aliphatic carbocycles. The van der Waals surface area contributed by atoms with Crippen molar-refractivity contribution in [2.24, 2.45) is 5.41 Å². The molecule has 0 N–H and O–H groups in total. The smallest absolute Gasteiger partial charge is 0.316 e. The average Bonchev–Trinajstić information content (AvgIpc) is 2.81. The van der Waals surface area contributed by atoms with Crippen LogP contribution in [0.2, 0.25) is 0 Å². The molecule has 0 aliphatic heterocycles. The molecule has 3 nitrogen and oxygen atoms in total. The number of rotatable bonds is 9. The van der Waals surface area contributed by atoms with Crippen LogP contribution in [0.5, 0.6) is 11.5 Å². The van der Waals surface area contributed by atoms with Crippen molar-refractivity contribution in [1.82, 2.24) is 0 Å². The van der Waals surface area contributed by atoms with Gasteiger partial charge in [-0.05, 0) is 61.7 Å². The van der Waals surface area contributed by atoms with Gasteiger partial charge in [0.2, 0.25) is 0 Å². The van der Waals surface area contributed by atoms with Crippen LogP contribution < -0.4 is 9.47 Å². The number of carbonyl (C=O) groups is 1. The molecule has 4 heteroatoms. The Morgan fingerprint density at radius 3 is 2.06 bits per heavy atom. The van der Waals surface area contributed by atoms with Crippen LogP contribution in [0.1, 0.15) is 49.3 Å². The van der Waals surface area contributed by atoms with E-state index < -0.39 is 5.41 Å². The van der Waals surface area contributed by atoms with Gasteiger partial charge in [-0.25, -0.2) is 0 Å². The highest BCUT2D eigenvalue weighted by atomic mass is 35.5. The molecular weight excluding hydrogens is 432 g/mol. The molecule has 0 fully saturated rings. The number of hydrogen-bond donors (Lipinski definition) is 0. The lowest BCUT2D eigenvalue weighted by atomic mass is 9.77. The molecule has 0 heterocycles. The van der Waals surface area contributed by atoms with Crippen LogP contribution >= 0.6 is 11.6 Å². The molecule has 0 bridgehead atoms. The maximum absolute atomic E-state index is 12.5. The lowest BCUT2D eigenvalue weighted by Gasteiger charge is -2.27. The number of benzene rings is 3. The van der Waals surface area contributed by atoms with Crippen molar-refractivity contribution in [2.45, 2.75) is 32.6 Å². The molecule has 2 unspecified atom stereocenters. The lowest BCUT2D eigenvalue weighted by Crippen LogP contribution is -2.25. The number of hydrogen-bond acceptors (Lipinski definition) is 3. The van der Waals surface area contributed by atoms with Gasteiger partial charge in [-0.3, -0.25) is 4.79 Å². The quantitative estimate of drug-likeness (QED) is 0.144. The topological polar surface area (TPSA) is 35.5 Å². The van der Waals surface area contributed by atoms with E-state index in [1.807, 2.05) is 81.4 Å². The van der Waals surface area contributed by atoms with E-state index in [1.54, 1.807) is 0 Å². The Kier molecular flexibility index (Phi) is 8.35. The predicted octanol–water partition coefficient (Wildman–Crippen LogP) is 7.36. The van der Waals surface area contributed by atoms with E-state index in [0.717, 1.165) is 22.4 Å². The molecule has 0 amide bonds. The first-order chi connectivity index (χ1) is 15.8. The van der Waals surface area contributed by atoms with Crippen molar-refractivity contribution >= 4 is 17.6 Å². The first kappa shape index (κ1) is 24.6. The third kappa shape index (κ3) is 6.49. The number of allylic oxidation sites excluding steroid dienone is 1. The van der Waals surface area contributed by atoms with E-state index in [2.05, 4.69) is 30.8 Å². The lowest BCUT2D eigenvalue weighted by molar-refractivity contribution is -0.143. The van der Waals surface area contributed by atoms with Gasteiger partial charge in [0, 0.05) is 11.8 Å². The van der Waals surface area contributed by atoms with Gasteiger partial charge in [0.25, 0.3) is 0 Å². The minimum atomic E-state index is -0.586. The molecule has 2 atom stereocenters. The highest BCUT2D eigenvalue weighted by Crippen LogP contribution is 2.41. The molecule has 0 aliphatic rings.